The van der Waals surface area contributed by atoms with Crippen LogP contribution in [0.25, 0.3) is 5.69 Å². The third-order valence-corrected chi connectivity index (χ3v) is 5.89. The molecule has 2 saturated heterocycles. The smallest absolute Gasteiger partial charge is 0.194 e. The van der Waals surface area contributed by atoms with Crippen molar-refractivity contribution in [2.75, 3.05) is 32.8 Å². The summed E-state index contributed by atoms with van der Waals surface area (Å²) in [5, 5.41) is 8.15. The molecular formula is C22H32IN5O. The molecule has 2 aliphatic rings. The predicted octanol–water partition coefficient (Wildman–Crippen LogP) is 3.69. The second-order valence-electron chi connectivity index (χ2n) is 8.11. The van der Waals surface area contributed by atoms with Crippen LogP contribution in [0.15, 0.2) is 35.3 Å². The van der Waals surface area contributed by atoms with Gasteiger partial charge in [0.25, 0.3) is 0 Å². The first-order valence-electron chi connectivity index (χ1n) is 10.3. The number of aryl methyl sites for hydroxylation is 2. The topological polar surface area (TPSA) is 54.7 Å². The molecule has 158 valence electrons. The number of hydrogen-bond acceptors (Lipinski definition) is 3. The lowest BCUT2D eigenvalue weighted by Gasteiger charge is -2.25. The first-order chi connectivity index (χ1) is 13.6. The molecule has 1 aromatic carbocycles. The number of para-hydroxylation sites is 1. The van der Waals surface area contributed by atoms with Gasteiger partial charge in [0.15, 0.2) is 5.96 Å². The van der Waals surface area contributed by atoms with E-state index in [2.05, 4.69) is 59.5 Å². The van der Waals surface area contributed by atoms with Gasteiger partial charge in [-0.2, -0.15) is 5.10 Å². The highest BCUT2D eigenvalue weighted by atomic mass is 127. The fraction of sp³-hybridized carbons (Fsp3) is 0.545. The standard InChI is InChI=1S/C22H31N5O.HI/c1-4-23-21(26-11-9-22(15-26)10-12-28-16-22)24-14-19-7-5-6-8-20(19)27-18(3)13-17(2)25-27;/h5-8,13H,4,9-12,14-16H2,1-3H3,(H,23,24);1H. The Morgan fingerprint density at radius 3 is 2.79 bits per heavy atom. The average Bonchev–Trinajstić information content (AvgIpc) is 3.41. The Labute approximate surface area is 190 Å². The average molecular weight is 509 g/mol. The molecule has 2 fully saturated rings. The molecule has 0 aliphatic carbocycles. The lowest BCUT2D eigenvalue weighted by molar-refractivity contribution is 0.156. The quantitative estimate of drug-likeness (QED) is 0.388. The zero-order valence-electron chi connectivity index (χ0n) is 17.6. The fourth-order valence-corrected chi connectivity index (χ4v) is 4.40. The summed E-state index contributed by atoms with van der Waals surface area (Å²) in [5.41, 5.74) is 4.79. The summed E-state index contributed by atoms with van der Waals surface area (Å²) < 4.78 is 7.70. The Balaban J connectivity index is 0.00000240. The van der Waals surface area contributed by atoms with E-state index in [1.807, 2.05) is 11.6 Å². The fourth-order valence-electron chi connectivity index (χ4n) is 4.40. The minimum atomic E-state index is 0. The van der Waals surface area contributed by atoms with Crippen LogP contribution in [0.2, 0.25) is 0 Å². The number of halogens is 1. The molecule has 1 spiro atoms. The van der Waals surface area contributed by atoms with Gasteiger partial charge >= 0.3 is 0 Å². The number of aromatic nitrogens is 2. The van der Waals surface area contributed by atoms with Crippen molar-refractivity contribution in [1.29, 1.82) is 0 Å². The summed E-state index contributed by atoms with van der Waals surface area (Å²) in [5.74, 6) is 1.01. The van der Waals surface area contributed by atoms with Gasteiger partial charge in [-0.25, -0.2) is 9.67 Å². The summed E-state index contributed by atoms with van der Waals surface area (Å²) in [7, 11) is 0. The monoisotopic (exact) mass is 509 g/mol. The molecule has 3 heterocycles. The number of aliphatic imine (C=N–C) groups is 1. The van der Waals surface area contributed by atoms with Gasteiger partial charge in [0.2, 0.25) is 0 Å². The molecule has 2 aliphatic heterocycles. The molecule has 4 rings (SSSR count). The summed E-state index contributed by atoms with van der Waals surface area (Å²) >= 11 is 0. The lowest BCUT2D eigenvalue weighted by Crippen LogP contribution is -2.41. The lowest BCUT2D eigenvalue weighted by atomic mass is 9.87. The number of nitrogens with one attached hydrogen (secondary N) is 1. The SMILES string of the molecule is CCNC(=NCc1ccccc1-n1nc(C)cc1C)N1CCC2(CCOC2)C1.I. The molecule has 1 aromatic heterocycles. The first-order valence-corrected chi connectivity index (χ1v) is 10.3. The molecule has 0 radical (unpaired) electrons. The summed E-state index contributed by atoms with van der Waals surface area (Å²) in [6.07, 6.45) is 2.36. The Morgan fingerprint density at radius 1 is 1.28 bits per heavy atom. The van der Waals surface area contributed by atoms with Crippen LogP contribution >= 0.6 is 24.0 Å². The zero-order chi connectivity index (χ0) is 19.6. The molecule has 6 nitrogen and oxygen atoms in total. The van der Waals surface area contributed by atoms with Gasteiger partial charge < -0.3 is 15.0 Å². The van der Waals surface area contributed by atoms with Crippen molar-refractivity contribution in [3.05, 3.63) is 47.3 Å². The number of hydrogen-bond donors (Lipinski definition) is 1. The number of ether oxygens (including phenoxy) is 1. The second-order valence-corrected chi connectivity index (χ2v) is 8.11. The van der Waals surface area contributed by atoms with Crippen LogP contribution in [0.4, 0.5) is 0 Å². The highest BCUT2D eigenvalue weighted by Crippen LogP contribution is 2.38. The van der Waals surface area contributed by atoms with E-state index in [4.69, 9.17) is 9.73 Å². The van der Waals surface area contributed by atoms with Crippen molar-refractivity contribution in [1.82, 2.24) is 20.0 Å². The van der Waals surface area contributed by atoms with E-state index < -0.39 is 0 Å². The second kappa shape index (κ2) is 9.47. The molecular weight excluding hydrogens is 477 g/mol. The Kier molecular flexibility index (Phi) is 7.21. The molecule has 0 bridgehead atoms. The molecule has 0 amide bonds. The number of likely N-dealkylation sites (tertiary alicyclic amines) is 1. The van der Waals surface area contributed by atoms with E-state index in [1.54, 1.807) is 0 Å². The highest BCUT2D eigenvalue weighted by Gasteiger charge is 2.42. The van der Waals surface area contributed by atoms with E-state index in [0.29, 0.717) is 12.0 Å². The molecule has 1 unspecified atom stereocenters. The van der Waals surface area contributed by atoms with Crippen molar-refractivity contribution in [2.45, 2.75) is 40.2 Å². The van der Waals surface area contributed by atoms with Crippen LogP contribution in [-0.4, -0.2) is 53.5 Å². The minimum Gasteiger partial charge on any atom is -0.381 e. The number of benzene rings is 1. The third kappa shape index (κ3) is 4.77. The van der Waals surface area contributed by atoms with Gasteiger partial charge in [0.05, 0.1) is 24.5 Å². The van der Waals surface area contributed by atoms with Crippen LogP contribution in [0.1, 0.15) is 36.7 Å². The predicted molar refractivity (Wildman–Crippen MR) is 127 cm³/mol. The van der Waals surface area contributed by atoms with Crippen molar-refractivity contribution in [2.24, 2.45) is 10.4 Å². The maximum absolute atomic E-state index is 5.68. The normalized spacial score (nSPS) is 21.6. The molecule has 2 aromatic rings. The van der Waals surface area contributed by atoms with Gasteiger partial charge in [-0.05, 0) is 51.3 Å². The Hall–Kier alpha value is -1.61. The highest BCUT2D eigenvalue weighted by molar-refractivity contribution is 14.0. The molecule has 29 heavy (non-hydrogen) atoms. The number of guanidine groups is 1. The van der Waals surface area contributed by atoms with Crippen LogP contribution in [-0.2, 0) is 11.3 Å². The largest absolute Gasteiger partial charge is 0.381 e. The van der Waals surface area contributed by atoms with Crippen molar-refractivity contribution < 1.29 is 4.74 Å². The van der Waals surface area contributed by atoms with E-state index in [1.165, 1.54) is 18.4 Å². The van der Waals surface area contributed by atoms with Gasteiger partial charge in [-0.15, -0.1) is 24.0 Å². The number of nitrogens with zero attached hydrogens (tertiary/aromatic N) is 4. The van der Waals surface area contributed by atoms with Crippen molar-refractivity contribution in [3.63, 3.8) is 0 Å². The van der Waals surface area contributed by atoms with E-state index in [-0.39, 0.29) is 24.0 Å². The van der Waals surface area contributed by atoms with Crippen LogP contribution in [0.3, 0.4) is 0 Å². The van der Waals surface area contributed by atoms with Crippen LogP contribution in [0, 0.1) is 19.3 Å². The van der Waals surface area contributed by atoms with Gasteiger partial charge in [0.1, 0.15) is 0 Å². The van der Waals surface area contributed by atoms with E-state index in [0.717, 1.165) is 55.9 Å². The van der Waals surface area contributed by atoms with Gasteiger partial charge in [0, 0.05) is 37.4 Å². The minimum absolute atomic E-state index is 0. The maximum Gasteiger partial charge on any atom is 0.194 e. The van der Waals surface area contributed by atoms with E-state index in [9.17, 15) is 0 Å². The third-order valence-electron chi connectivity index (χ3n) is 5.89. The molecule has 7 heteroatoms. The Morgan fingerprint density at radius 2 is 2.10 bits per heavy atom. The first kappa shape index (κ1) is 22.1. The van der Waals surface area contributed by atoms with Crippen molar-refractivity contribution in [3.8, 4) is 5.69 Å². The maximum atomic E-state index is 5.68. The summed E-state index contributed by atoms with van der Waals surface area (Å²) in [6, 6.07) is 10.5. The van der Waals surface area contributed by atoms with Crippen LogP contribution in [0.5, 0.6) is 0 Å². The molecule has 1 atom stereocenters. The van der Waals surface area contributed by atoms with Gasteiger partial charge in [-0.1, -0.05) is 18.2 Å². The van der Waals surface area contributed by atoms with E-state index >= 15 is 0 Å². The molecule has 0 saturated carbocycles. The Bertz CT molecular complexity index is 857. The molecule has 1 N–H and O–H groups in total. The summed E-state index contributed by atoms with van der Waals surface area (Å²) in [6.45, 7) is 11.6. The van der Waals surface area contributed by atoms with Gasteiger partial charge in [-0.3, -0.25) is 0 Å². The summed E-state index contributed by atoms with van der Waals surface area (Å²) in [4.78, 5) is 7.40. The zero-order valence-corrected chi connectivity index (χ0v) is 20.0. The number of rotatable bonds is 4. The van der Waals surface area contributed by atoms with Crippen molar-refractivity contribution >= 4 is 29.9 Å². The van der Waals surface area contributed by atoms with Crippen LogP contribution < -0.4 is 5.32 Å².